The van der Waals surface area contributed by atoms with Crippen LogP contribution < -0.4 is 10.1 Å². The molecule has 0 fully saturated rings. The minimum absolute atomic E-state index is 0.0898. The van der Waals surface area contributed by atoms with Crippen molar-refractivity contribution in [2.45, 2.75) is 32.6 Å². The van der Waals surface area contributed by atoms with Gasteiger partial charge in [0, 0.05) is 23.1 Å². The minimum atomic E-state index is -0.512. The highest BCUT2D eigenvalue weighted by Crippen LogP contribution is 2.20. The van der Waals surface area contributed by atoms with Crippen molar-refractivity contribution >= 4 is 29.3 Å². The molecule has 0 aliphatic rings. The van der Waals surface area contributed by atoms with Gasteiger partial charge in [0.05, 0.1) is 0 Å². The number of hydrogen-bond donors (Lipinski definition) is 1. The first-order chi connectivity index (χ1) is 12.0. The van der Waals surface area contributed by atoms with E-state index in [-0.39, 0.29) is 5.91 Å². The lowest BCUT2D eigenvalue weighted by molar-refractivity contribution is -0.127. The van der Waals surface area contributed by atoms with Gasteiger partial charge in [-0.15, -0.1) is 0 Å². The van der Waals surface area contributed by atoms with E-state index in [0.29, 0.717) is 6.54 Å². The van der Waals surface area contributed by atoms with E-state index >= 15 is 0 Å². The molecule has 0 saturated carbocycles. The smallest absolute Gasteiger partial charge is 0.260 e. The van der Waals surface area contributed by atoms with Crippen molar-refractivity contribution in [3.63, 3.8) is 0 Å². The largest absolute Gasteiger partial charge is 0.481 e. The number of nitrogens with one attached hydrogen (secondary N) is 1. The van der Waals surface area contributed by atoms with Crippen LogP contribution in [-0.4, -0.2) is 24.3 Å². The summed E-state index contributed by atoms with van der Waals surface area (Å²) in [7, 11) is 0. The summed E-state index contributed by atoms with van der Waals surface area (Å²) < 4.78 is 5.79. The Morgan fingerprint density at radius 1 is 1.20 bits per heavy atom. The van der Waals surface area contributed by atoms with Gasteiger partial charge in [0.25, 0.3) is 5.91 Å². The van der Waals surface area contributed by atoms with Crippen LogP contribution >= 0.6 is 23.4 Å². The second kappa shape index (κ2) is 9.73. The molecule has 0 aliphatic carbocycles. The van der Waals surface area contributed by atoms with Crippen molar-refractivity contribution in [2.24, 2.45) is 0 Å². The first-order valence-electron chi connectivity index (χ1n) is 8.29. The number of amides is 1. The number of halogens is 1. The van der Waals surface area contributed by atoms with Crippen LogP contribution in [0.2, 0.25) is 5.02 Å². The number of carbonyl (C=O) groups is 1. The van der Waals surface area contributed by atoms with Gasteiger partial charge in [-0.05, 0) is 55.7 Å². The molecular weight excluding hydrogens is 354 g/mol. The molecule has 3 nitrogen and oxygen atoms in total. The molecule has 25 heavy (non-hydrogen) atoms. The van der Waals surface area contributed by atoms with Gasteiger partial charge >= 0.3 is 0 Å². The highest BCUT2D eigenvalue weighted by atomic mass is 35.5. The van der Waals surface area contributed by atoms with Gasteiger partial charge in [-0.25, -0.2) is 0 Å². The van der Waals surface area contributed by atoms with Gasteiger partial charge < -0.3 is 10.1 Å². The summed E-state index contributed by atoms with van der Waals surface area (Å²) >= 11 is 7.65. The van der Waals surface area contributed by atoms with E-state index in [4.69, 9.17) is 16.3 Å². The molecular formula is C20H24ClNO2S. The zero-order chi connectivity index (χ0) is 18.2. The van der Waals surface area contributed by atoms with Gasteiger partial charge in [-0.1, -0.05) is 35.9 Å². The summed E-state index contributed by atoms with van der Waals surface area (Å²) in [5.41, 5.74) is 3.38. The monoisotopic (exact) mass is 377 g/mol. The van der Waals surface area contributed by atoms with Crippen molar-refractivity contribution in [3.05, 3.63) is 64.2 Å². The third-order valence-electron chi connectivity index (χ3n) is 3.74. The Morgan fingerprint density at radius 2 is 1.92 bits per heavy atom. The molecule has 1 N–H and O–H groups in total. The fourth-order valence-electron chi connectivity index (χ4n) is 2.24. The second-order valence-corrected chi connectivity index (χ2v) is 7.54. The predicted octanol–water partition coefficient (Wildman–Crippen LogP) is 4.77. The Bertz CT molecular complexity index is 703. The molecule has 2 aromatic carbocycles. The van der Waals surface area contributed by atoms with Crippen molar-refractivity contribution < 1.29 is 9.53 Å². The maximum atomic E-state index is 12.2. The highest BCUT2D eigenvalue weighted by Gasteiger charge is 2.15. The summed E-state index contributed by atoms with van der Waals surface area (Å²) in [4.78, 5) is 12.2. The molecule has 0 aromatic heterocycles. The quantitative estimate of drug-likeness (QED) is 0.673. The van der Waals surface area contributed by atoms with Crippen LogP contribution in [-0.2, 0) is 10.5 Å². The molecule has 134 valence electrons. The molecule has 0 heterocycles. The first kappa shape index (κ1) is 19.7. The summed E-state index contributed by atoms with van der Waals surface area (Å²) in [5, 5.41) is 3.68. The van der Waals surface area contributed by atoms with Crippen LogP contribution in [0.25, 0.3) is 0 Å². The number of ether oxygens (including phenoxy) is 1. The lowest BCUT2D eigenvalue weighted by Crippen LogP contribution is -2.37. The maximum Gasteiger partial charge on any atom is 0.260 e. The van der Waals surface area contributed by atoms with E-state index in [1.807, 2.05) is 56.3 Å². The molecule has 2 aromatic rings. The maximum absolute atomic E-state index is 12.2. The van der Waals surface area contributed by atoms with Gasteiger partial charge in [0.1, 0.15) is 5.75 Å². The molecule has 0 spiro atoms. The summed E-state index contributed by atoms with van der Waals surface area (Å²) in [6, 6.07) is 13.8. The van der Waals surface area contributed by atoms with Gasteiger partial charge in [-0.2, -0.15) is 11.8 Å². The fourth-order valence-corrected chi connectivity index (χ4v) is 3.18. The van der Waals surface area contributed by atoms with Crippen LogP contribution in [0, 0.1) is 13.8 Å². The number of thioether (sulfide) groups is 1. The van der Waals surface area contributed by atoms with E-state index in [1.165, 1.54) is 5.56 Å². The normalized spacial score (nSPS) is 11.8. The van der Waals surface area contributed by atoms with E-state index in [9.17, 15) is 4.79 Å². The van der Waals surface area contributed by atoms with E-state index < -0.39 is 6.10 Å². The standard InChI is InChI=1S/C20H24ClNO2S/c1-14-4-5-15(2)19(12-14)24-16(3)20(23)22-10-11-25-13-17-6-8-18(21)9-7-17/h4-9,12,16H,10-11,13H2,1-3H3,(H,22,23)/t16-/m0/s1. The molecule has 0 unspecified atom stereocenters. The van der Waals surface area contributed by atoms with Crippen LogP contribution in [0.3, 0.4) is 0 Å². The number of aryl methyl sites for hydroxylation is 2. The number of rotatable bonds is 8. The van der Waals surface area contributed by atoms with Crippen LogP contribution in [0.5, 0.6) is 5.75 Å². The number of hydrogen-bond acceptors (Lipinski definition) is 3. The van der Waals surface area contributed by atoms with Gasteiger partial charge in [-0.3, -0.25) is 4.79 Å². The molecule has 1 amide bonds. The molecule has 0 aliphatic heterocycles. The Balaban J connectivity index is 1.69. The highest BCUT2D eigenvalue weighted by molar-refractivity contribution is 7.98. The van der Waals surface area contributed by atoms with Crippen molar-refractivity contribution in [3.8, 4) is 5.75 Å². The van der Waals surface area contributed by atoms with Crippen LogP contribution in [0.4, 0.5) is 0 Å². The Hall–Kier alpha value is -1.65. The minimum Gasteiger partial charge on any atom is -0.481 e. The summed E-state index contributed by atoms with van der Waals surface area (Å²) in [5.74, 6) is 2.43. The summed E-state index contributed by atoms with van der Waals surface area (Å²) in [6.07, 6.45) is -0.512. The number of carbonyl (C=O) groups excluding carboxylic acids is 1. The Kier molecular flexibility index (Phi) is 7.66. The second-order valence-electron chi connectivity index (χ2n) is 6.00. The topological polar surface area (TPSA) is 38.3 Å². The van der Waals surface area contributed by atoms with E-state index in [0.717, 1.165) is 33.4 Å². The average Bonchev–Trinajstić information content (AvgIpc) is 2.59. The molecule has 0 radical (unpaired) electrons. The molecule has 2 rings (SSSR count). The zero-order valence-electron chi connectivity index (χ0n) is 14.8. The lowest BCUT2D eigenvalue weighted by atomic mass is 10.1. The van der Waals surface area contributed by atoms with Gasteiger partial charge in [0.15, 0.2) is 6.10 Å². The van der Waals surface area contributed by atoms with Crippen molar-refractivity contribution in [1.82, 2.24) is 5.32 Å². The van der Waals surface area contributed by atoms with Crippen molar-refractivity contribution in [2.75, 3.05) is 12.3 Å². The predicted molar refractivity (Wildman–Crippen MR) is 107 cm³/mol. The van der Waals surface area contributed by atoms with Crippen LogP contribution in [0.1, 0.15) is 23.6 Å². The molecule has 0 saturated heterocycles. The fraction of sp³-hybridized carbons (Fsp3) is 0.350. The van der Waals surface area contributed by atoms with E-state index in [1.54, 1.807) is 18.7 Å². The Morgan fingerprint density at radius 3 is 2.64 bits per heavy atom. The molecule has 0 bridgehead atoms. The average molecular weight is 378 g/mol. The van der Waals surface area contributed by atoms with Crippen molar-refractivity contribution in [1.29, 1.82) is 0 Å². The molecule has 5 heteroatoms. The SMILES string of the molecule is Cc1ccc(C)c(O[C@@H](C)C(=O)NCCSCc2ccc(Cl)cc2)c1. The Labute approximate surface area is 159 Å². The van der Waals surface area contributed by atoms with Gasteiger partial charge in [0.2, 0.25) is 0 Å². The summed E-state index contributed by atoms with van der Waals surface area (Å²) in [6.45, 7) is 6.39. The van der Waals surface area contributed by atoms with E-state index in [2.05, 4.69) is 5.32 Å². The van der Waals surface area contributed by atoms with Crippen LogP contribution in [0.15, 0.2) is 42.5 Å². The zero-order valence-corrected chi connectivity index (χ0v) is 16.4. The lowest BCUT2D eigenvalue weighted by Gasteiger charge is -2.16. The third-order valence-corrected chi connectivity index (χ3v) is 5.03. The first-order valence-corrected chi connectivity index (χ1v) is 9.83. The number of benzene rings is 2. The molecule has 1 atom stereocenters. The third kappa shape index (κ3) is 6.63.